The summed E-state index contributed by atoms with van der Waals surface area (Å²) in [4.78, 5) is 7.98. The monoisotopic (exact) mass is 229 g/mol. The fourth-order valence-electron chi connectivity index (χ4n) is 1.04. The first-order chi connectivity index (χ1) is 7.13. The number of rotatable bonds is 5. The van der Waals surface area contributed by atoms with Crippen molar-refractivity contribution in [2.75, 3.05) is 17.3 Å². The maximum Gasteiger partial charge on any atom is 0.239 e. The highest BCUT2D eigenvalue weighted by Gasteiger charge is 2.04. The van der Waals surface area contributed by atoms with E-state index in [1.165, 1.54) is 6.20 Å². The molecule has 0 aliphatic heterocycles. The molecule has 15 heavy (non-hydrogen) atoms. The van der Waals surface area contributed by atoms with E-state index in [0.717, 1.165) is 13.0 Å². The van der Waals surface area contributed by atoms with Crippen LogP contribution in [0.5, 0.6) is 0 Å². The lowest BCUT2D eigenvalue weighted by molar-refractivity contribution is 0.606. The summed E-state index contributed by atoms with van der Waals surface area (Å²) in [7, 11) is 0. The first kappa shape index (κ1) is 12.0. The molecule has 1 aromatic rings. The van der Waals surface area contributed by atoms with E-state index in [1.54, 1.807) is 0 Å². The lowest BCUT2D eigenvalue weighted by Crippen LogP contribution is -2.13. The van der Waals surface area contributed by atoms with Crippen molar-refractivity contribution in [3.8, 4) is 0 Å². The Labute approximate surface area is 94.4 Å². The average molecular weight is 230 g/mol. The van der Waals surface area contributed by atoms with Gasteiger partial charge >= 0.3 is 0 Å². The van der Waals surface area contributed by atoms with E-state index in [-0.39, 0.29) is 0 Å². The molecule has 0 saturated carbocycles. The SMILES string of the molecule is CC(C)CCNc1nc(NN)ncc1Cl. The van der Waals surface area contributed by atoms with Gasteiger partial charge in [0.2, 0.25) is 5.95 Å². The van der Waals surface area contributed by atoms with Gasteiger partial charge in [0.25, 0.3) is 0 Å². The van der Waals surface area contributed by atoms with Gasteiger partial charge in [-0.05, 0) is 12.3 Å². The van der Waals surface area contributed by atoms with E-state index >= 15 is 0 Å². The molecule has 0 atom stereocenters. The van der Waals surface area contributed by atoms with E-state index in [9.17, 15) is 0 Å². The lowest BCUT2D eigenvalue weighted by atomic mass is 10.1. The van der Waals surface area contributed by atoms with Crippen molar-refractivity contribution in [2.24, 2.45) is 11.8 Å². The van der Waals surface area contributed by atoms with Crippen molar-refractivity contribution in [1.29, 1.82) is 0 Å². The molecule has 0 spiro atoms. The van der Waals surface area contributed by atoms with E-state index in [4.69, 9.17) is 17.4 Å². The van der Waals surface area contributed by atoms with Gasteiger partial charge in [-0.1, -0.05) is 25.4 Å². The summed E-state index contributed by atoms with van der Waals surface area (Å²) >= 11 is 5.91. The zero-order valence-electron chi connectivity index (χ0n) is 8.92. The Hall–Kier alpha value is -1.07. The second-order valence-corrected chi connectivity index (χ2v) is 4.05. The van der Waals surface area contributed by atoms with Crippen molar-refractivity contribution in [3.63, 3.8) is 0 Å². The minimum Gasteiger partial charge on any atom is -0.369 e. The molecule has 1 rings (SSSR count). The number of nitrogen functional groups attached to an aromatic ring is 1. The maximum absolute atomic E-state index is 5.91. The number of anilines is 2. The predicted octanol–water partition coefficient (Wildman–Crippen LogP) is 1.87. The quantitative estimate of drug-likeness (QED) is 0.531. The van der Waals surface area contributed by atoms with Crippen LogP contribution in [-0.4, -0.2) is 16.5 Å². The molecule has 4 N–H and O–H groups in total. The summed E-state index contributed by atoms with van der Waals surface area (Å²) in [5.41, 5.74) is 2.37. The molecular formula is C9H16ClN5. The Morgan fingerprint density at radius 1 is 1.53 bits per heavy atom. The average Bonchev–Trinajstić information content (AvgIpc) is 2.20. The zero-order chi connectivity index (χ0) is 11.3. The largest absolute Gasteiger partial charge is 0.369 e. The van der Waals surface area contributed by atoms with Crippen molar-refractivity contribution in [1.82, 2.24) is 9.97 Å². The van der Waals surface area contributed by atoms with Gasteiger partial charge in [-0.25, -0.2) is 10.8 Å². The lowest BCUT2D eigenvalue weighted by Gasteiger charge is -2.09. The molecule has 1 heterocycles. The van der Waals surface area contributed by atoms with Gasteiger partial charge in [-0.2, -0.15) is 4.98 Å². The van der Waals surface area contributed by atoms with Crippen molar-refractivity contribution in [3.05, 3.63) is 11.2 Å². The number of nitrogens with one attached hydrogen (secondary N) is 2. The van der Waals surface area contributed by atoms with Gasteiger partial charge in [0, 0.05) is 6.54 Å². The first-order valence-electron chi connectivity index (χ1n) is 4.86. The van der Waals surface area contributed by atoms with Crippen LogP contribution in [0, 0.1) is 5.92 Å². The summed E-state index contributed by atoms with van der Waals surface area (Å²) < 4.78 is 0. The molecule has 0 aliphatic rings. The van der Waals surface area contributed by atoms with Crippen molar-refractivity contribution >= 4 is 23.4 Å². The third kappa shape index (κ3) is 3.89. The Balaban J connectivity index is 2.59. The zero-order valence-corrected chi connectivity index (χ0v) is 9.67. The van der Waals surface area contributed by atoms with Gasteiger partial charge in [0.15, 0.2) is 5.82 Å². The minimum absolute atomic E-state index is 0.353. The molecule has 6 heteroatoms. The third-order valence-electron chi connectivity index (χ3n) is 1.89. The summed E-state index contributed by atoms with van der Waals surface area (Å²) in [6.45, 7) is 5.16. The summed E-state index contributed by atoms with van der Waals surface area (Å²) in [6.07, 6.45) is 2.58. The van der Waals surface area contributed by atoms with Crippen LogP contribution in [0.3, 0.4) is 0 Å². The Bertz CT molecular complexity index is 315. The van der Waals surface area contributed by atoms with Crippen LogP contribution >= 0.6 is 11.6 Å². The third-order valence-corrected chi connectivity index (χ3v) is 2.16. The molecule has 0 aliphatic carbocycles. The van der Waals surface area contributed by atoms with E-state index in [1.807, 2.05) is 0 Å². The van der Waals surface area contributed by atoms with Crippen LogP contribution in [-0.2, 0) is 0 Å². The van der Waals surface area contributed by atoms with Gasteiger partial charge in [0.1, 0.15) is 5.02 Å². The number of halogens is 1. The molecule has 0 bridgehead atoms. The standard InChI is InChI=1S/C9H16ClN5/c1-6(2)3-4-12-8-7(10)5-13-9(14-8)15-11/h5-6H,3-4,11H2,1-2H3,(H2,12,13,14,15). The van der Waals surface area contributed by atoms with Crippen molar-refractivity contribution < 1.29 is 0 Å². The smallest absolute Gasteiger partial charge is 0.239 e. The highest BCUT2D eigenvalue weighted by Crippen LogP contribution is 2.19. The van der Waals surface area contributed by atoms with Crippen LogP contribution in [0.2, 0.25) is 5.02 Å². The molecule has 0 saturated heterocycles. The maximum atomic E-state index is 5.91. The van der Waals surface area contributed by atoms with Gasteiger partial charge < -0.3 is 5.32 Å². The number of aromatic nitrogens is 2. The fourth-order valence-corrected chi connectivity index (χ4v) is 1.20. The number of hydrogen-bond acceptors (Lipinski definition) is 5. The van der Waals surface area contributed by atoms with Crippen LogP contribution in [0.4, 0.5) is 11.8 Å². The molecule has 0 radical (unpaired) electrons. The first-order valence-corrected chi connectivity index (χ1v) is 5.24. The van der Waals surface area contributed by atoms with Crippen LogP contribution in [0.25, 0.3) is 0 Å². The number of nitrogens with zero attached hydrogens (tertiary/aromatic N) is 2. The summed E-state index contributed by atoms with van der Waals surface area (Å²) in [5, 5.41) is 3.64. The molecule has 0 aromatic carbocycles. The Morgan fingerprint density at radius 3 is 2.87 bits per heavy atom. The molecule has 84 valence electrons. The number of nitrogens with two attached hydrogens (primary N) is 1. The Morgan fingerprint density at radius 2 is 2.27 bits per heavy atom. The summed E-state index contributed by atoms with van der Waals surface area (Å²) in [6, 6.07) is 0. The van der Waals surface area contributed by atoms with Gasteiger partial charge in [0.05, 0.1) is 6.20 Å². The van der Waals surface area contributed by atoms with Crippen LogP contribution in [0.1, 0.15) is 20.3 Å². The Kier molecular flexibility index (Phi) is 4.58. The van der Waals surface area contributed by atoms with Crippen LogP contribution < -0.4 is 16.6 Å². The minimum atomic E-state index is 0.353. The number of hydrogen-bond donors (Lipinski definition) is 3. The van der Waals surface area contributed by atoms with E-state index in [0.29, 0.717) is 22.7 Å². The molecule has 1 aromatic heterocycles. The van der Waals surface area contributed by atoms with E-state index in [2.05, 4.69) is 34.6 Å². The van der Waals surface area contributed by atoms with Gasteiger partial charge in [-0.3, -0.25) is 5.43 Å². The molecule has 0 fully saturated rings. The van der Waals surface area contributed by atoms with E-state index < -0.39 is 0 Å². The summed E-state index contributed by atoms with van der Waals surface area (Å²) in [5.74, 6) is 6.81. The second kappa shape index (κ2) is 5.72. The molecular weight excluding hydrogens is 214 g/mol. The highest BCUT2D eigenvalue weighted by atomic mass is 35.5. The molecule has 0 amide bonds. The molecule has 0 unspecified atom stereocenters. The van der Waals surface area contributed by atoms with Gasteiger partial charge in [-0.15, -0.1) is 0 Å². The number of hydrazine groups is 1. The predicted molar refractivity (Wildman–Crippen MR) is 62.8 cm³/mol. The molecule has 5 nitrogen and oxygen atoms in total. The second-order valence-electron chi connectivity index (χ2n) is 3.64. The fraction of sp³-hybridized carbons (Fsp3) is 0.556. The van der Waals surface area contributed by atoms with Crippen LogP contribution in [0.15, 0.2) is 6.20 Å². The van der Waals surface area contributed by atoms with Crippen molar-refractivity contribution in [2.45, 2.75) is 20.3 Å². The normalized spacial score (nSPS) is 10.5. The highest BCUT2D eigenvalue weighted by molar-refractivity contribution is 6.32. The topological polar surface area (TPSA) is 75.9 Å².